The molecular formula is C16H17BrFNS. The lowest BCUT2D eigenvalue weighted by Crippen LogP contribution is -2.27. The van der Waals surface area contributed by atoms with Gasteiger partial charge in [-0.25, -0.2) is 4.39 Å². The van der Waals surface area contributed by atoms with E-state index in [4.69, 9.17) is 0 Å². The summed E-state index contributed by atoms with van der Waals surface area (Å²) in [7, 11) is 0. The number of rotatable bonds is 3. The topological polar surface area (TPSA) is 12.0 Å². The fourth-order valence-corrected chi connectivity index (χ4v) is 4.26. The zero-order valence-electron chi connectivity index (χ0n) is 11.3. The number of fused-ring (bicyclic) bond motifs is 1. The van der Waals surface area contributed by atoms with Gasteiger partial charge < -0.3 is 5.32 Å². The van der Waals surface area contributed by atoms with E-state index < -0.39 is 0 Å². The lowest BCUT2D eigenvalue weighted by molar-refractivity contribution is 0.410. The summed E-state index contributed by atoms with van der Waals surface area (Å²) in [6, 6.07) is 7.68. The molecule has 3 rings (SSSR count). The normalized spacial score (nSPS) is 19.6. The number of halogens is 2. The van der Waals surface area contributed by atoms with Gasteiger partial charge in [0.1, 0.15) is 5.82 Å². The summed E-state index contributed by atoms with van der Waals surface area (Å²) < 4.78 is 14.9. The average Bonchev–Trinajstić information content (AvgIpc) is 2.91. The van der Waals surface area contributed by atoms with Gasteiger partial charge in [0.15, 0.2) is 0 Å². The Kier molecular flexibility index (Phi) is 4.24. The van der Waals surface area contributed by atoms with Crippen molar-refractivity contribution in [3.05, 3.63) is 55.9 Å². The Hall–Kier alpha value is -0.710. The summed E-state index contributed by atoms with van der Waals surface area (Å²) in [6.45, 7) is 2.03. The van der Waals surface area contributed by atoms with Crippen LogP contribution in [0.5, 0.6) is 0 Å². The molecule has 2 atom stereocenters. The van der Waals surface area contributed by atoms with Gasteiger partial charge in [0.25, 0.3) is 0 Å². The van der Waals surface area contributed by atoms with Crippen LogP contribution in [0, 0.1) is 5.82 Å². The first-order chi connectivity index (χ1) is 9.65. The molecule has 0 amide bonds. The predicted molar refractivity (Wildman–Crippen MR) is 85.6 cm³/mol. The lowest BCUT2D eigenvalue weighted by Gasteiger charge is -2.27. The van der Waals surface area contributed by atoms with E-state index >= 15 is 0 Å². The highest BCUT2D eigenvalue weighted by molar-refractivity contribution is 9.10. The number of hydrogen-bond acceptors (Lipinski definition) is 2. The van der Waals surface area contributed by atoms with E-state index in [0.717, 1.165) is 16.5 Å². The molecular weight excluding hydrogens is 337 g/mol. The number of benzene rings is 1. The van der Waals surface area contributed by atoms with Crippen molar-refractivity contribution >= 4 is 27.3 Å². The van der Waals surface area contributed by atoms with E-state index in [9.17, 15) is 4.39 Å². The van der Waals surface area contributed by atoms with E-state index in [2.05, 4.69) is 32.7 Å². The maximum Gasteiger partial charge on any atom is 0.128 e. The molecule has 1 aromatic carbocycles. The summed E-state index contributed by atoms with van der Waals surface area (Å²) >= 11 is 5.25. The van der Waals surface area contributed by atoms with Gasteiger partial charge in [-0.3, -0.25) is 0 Å². The van der Waals surface area contributed by atoms with Crippen molar-refractivity contribution in [1.82, 2.24) is 5.32 Å². The maximum absolute atomic E-state index is 14.0. The van der Waals surface area contributed by atoms with E-state index in [-0.39, 0.29) is 11.9 Å². The molecule has 0 saturated heterocycles. The van der Waals surface area contributed by atoms with Gasteiger partial charge in [0.05, 0.1) is 0 Å². The van der Waals surface area contributed by atoms with Crippen LogP contribution in [0.4, 0.5) is 4.39 Å². The molecule has 1 aliphatic carbocycles. The fraction of sp³-hybridized carbons (Fsp3) is 0.375. The summed E-state index contributed by atoms with van der Waals surface area (Å²) in [4.78, 5) is 1.48. The van der Waals surface area contributed by atoms with Crippen LogP contribution in [0.25, 0.3) is 0 Å². The Morgan fingerprint density at radius 1 is 1.40 bits per heavy atom. The van der Waals surface area contributed by atoms with Crippen LogP contribution >= 0.6 is 27.3 Å². The molecule has 1 aliphatic rings. The minimum atomic E-state index is -0.144. The Balaban J connectivity index is 1.80. The number of nitrogens with one attached hydrogen (secondary N) is 1. The van der Waals surface area contributed by atoms with Gasteiger partial charge in [0.2, 0.25) is 0 Å². The molecule has 0 bridgehead atoms. The molecule has 2 unspecified atom stereocenters. The number of hydrogen-bond donors (Lipinski definition) is 1. The Labute approximate surface area is 131 Å². The molecule has 1 aromatic heterocycles. The molecule has 2 aromatic rings. The summed E-state index contributed by atoms with van der Waals surface area (Å²) in [6.07, 6.45) is 3.52. The molecule has 1 N–H and O–H groups in total. The predicted octanol–water partition coefficient (Wildman–Crippen LogP) is 5.38. The number of thiophene rings is 1. The highest BCUT2D eigenvalue weighted by atomic mass is 79.9. The van der Waals surface area contributed by atoms with E-state index in [1.165, 1.54) is 29.3 Å². The van der Waals surface area contributed by atoms with Crippen molar-refractivity contribution in [3.63, 3.8) is 0 Å². The molecule has 0 aliphatic heterocycles. The third-order valence-corrected chi connectivity index (χ3v) is 5.42. The smallest absolute Gasteiger partial charge is 0.128 e. The SMILES string of the molecule is CC(NC1CCCc2sccc21)c1cc(Br)ccc1F. The minimum Gasteiger partial charge on any atom is -0.303 e. The highest BCUT2D eigenvalue weighted by Gasteiger charge is 2.23. The minimum absolute atomic E-state index is 0.00310. The second kappa shape index (κ2) is 5.96. The van der Waals surface area contributed by atoms with E-state index in [1.54, 1.807) is 6.07 Å². The second-order valence-electron chi connectivity index (χ2n) is 5.30. The first kappa shape index (κ1) is 14.2. The van der Waals surface area contributed by atoms with Gasteiger partial charge in [-0.2, -0.15) is 0 Å². The molecule has 0 fully saturated rings. The van der Waals surface area contributed by atoms with Crippen LogP contribution in [0.1, 0.15) is 47.9 Å². The fourth-order valence-electron chi connectivity index (χ4n) is 2.90. The first-order valence-corrected chi connectivity index (χ1v) is 8.59. The van der Waals surface area contributed by atoms with Crippen LogP contribution in [-0.2, 0) is 6.42 Å². The first-order valence-electron chi connectivity index (χ1n) is 6.92. The van der Waals surface area contributed by atoms with E-state index in [1.807, 2.05) is 24.3 Å². The summed E-state index contributed by atoms with van der Waals surface area (Å²) in [5, 5.41) is 5.75. The Morgan fingerprint density at radius 3 is 3.10 bits per heavy atom. The lowest BCUT2D eigenvalue weighted by atomic mass is 9.93. The van der Waals surface area contributed by atoms with Crippen molar-refractivity contribution < 1.29 is 4.39 Å². The molecule has 106 valence electrons. The average molecular weight is 354 g/mol. The highest BCUT2D eigenvalue weighted by Crippen LogP contribution is 2.35. The van der Waals surface area contributed by atoms with Crippen LogP contribution in [-0.4, -0.2) is 0 Å². The molecule has 0 radical (unpaired) electrons. The molecule has 1 heterocycles. The summed E-state index contributed by atoms with van der Waals surface area (Å²) in [5.74, 6) is -0.144. The summed E-state index contributed by atoms with van der Waals surface area (Å²) in [5.41, 5.74) is 2.13. The quantitative estimate of drug-likeness (QED) is 0.781. The molecule has 1 nitrogen and oxygen atoms in total. The zero-order valence-corrected chi connectivity index (χ0v) is 13.7. The van der Waals surface area contributed by atoms with Crippen LogP contribution in [0.3, 0.4) is 0 Å². The van der Waals surface area contributed by atoms with Crippen LogP contribution in [0.15, 0.2) is 34.1 Å². The van der Waals surface area contributed by atoms with Gasteiger partial charge in [-0.05, 0) is 61.4 Å². The van der Waals surface area contributed by atoms with Crippen LogP contribution in [0.2, 0.25) is 0 Å². The third-order valence-electron chi connectivity index (χ3n) is 3.93. The van der Waals surface area contributed by atoms with Crippen molar-refractivity contribution in [3.8, 4) is 0 Å². The van der Waals surface area contributed by atoms with Crippen molar-refractivity contribution in [2.24, 2.45) is 0 Å². The molecule has 0 saturated carbocycles. The maximum atomic E-state index is 14.0. The van der Waals surface area contributed by atoms with Crippen molar-refractivity contribution in [1.29, 1.82) is 0 Å². The Bertz CT molecular complexity index is 610. The Morgan fingerprint density at radius 2 is 2.25 bits per heavy atom. The van der Waals surface area contributed by atoms with Gasteiger partial charge in [0, 0.05) is 27.0 Å². The largest absolute Gasteiger partial charge is 0.303 e. The molecule has 4 heteroatoms. The zero-order chi connectivity index (χ0) is 14.1. The van der Waals surface area contributed by atoms with Gasteiger partial charge in [-0.15, -0.1) is 11.3 Å². The van der Waals surface area contributed by atoms with Gasteiger partial charge in [-0.1, -0.05) is 15.9 Å². The van der Waals surface area contributed by atoms with Crippen molar-refractivity contribution in [2.45, 2.75) is 38.3 Å². The van der Waals surface area contributed by atoms with E-state index in [0.29, 0.717) is 6.04 Å². The number of aryl methyl sites for hydroxylation is 1. The van der Waals surface area contributed by atoms with Crippen LogP contribution < -0.4 is 5.32 Å². The second-order valence-corrected chi connectivity index (χ2v) is 7.21. The monoisotopic (exact) mass is 353 g/mol. The third kappa shape index (κ3) is 2.83. The van der Waals surface area contributed by atoms with Crippen molar-refractivity contribution in [2.75, 3.05) is 0 Å². The van der Waals surface area contributed by atoms with Gasteiger partial charge >= 0.3 is 0 Å². The molecule has 0 spiro atoms. The standard InChI is InChI=1S/C16H17BrFNS/c1-10(13-9-11(17)5-6-14(13)18)19-15-3-2-4-16-12(15)7-8-20-16/h5-10,15,19H,2-4H2,1H3. The molecule has 20 heavy (non-hydrogen) atoms.